The fourth-order valence-electron chi connectivity index (χ4n) is 7.07. The number of hydrogen-bond donors (Lipinski definition) is 0. The molecule has 0 aliphatic rings. The van der Waals surface area contributed by atoms with Gasteiger partial charge in [-0.25, -0.2) is 0 Å². The van der Waals surface area contributed by atoms with Crippen LogP contribution in [0.25, 0.3) is 0 Å². The smallest absolute Gasteiger partial charge is 0.306 e. The Morgan fingerprint density at radius 1 is 0.323 bits per heavy atom. The van der Waals surface area contributed by atoms with Crippen LogP contribution < -0.4 is 0 Å². The van der Waals surface area contributed by atoms with Crippen molar-refractivity contribution < 1.29 is 28.6 Å². The average Bonchev–Trinajstić information content (AvgIpc) is 3.30. The van der Waals surface area contributed by atoms with Crippen molar-refractivity contribution in [3.63, 3.8) is 0 Å². The zero-order valence-corrected chi connectivity index (χ0v) is 42.2. The molecule has 65 heavy (non-hydrogen) atoms. The highest BCUT2D eigenvalue weighted by Gasteiger charge is 2.19. The van der Waals surface area contributed by atoms with Crippen LogP contribution in [-0.2, 0) is 28.6 Å². The Morgan fingerprint density at radius 3 is 0.969 bits per heavy atom. The first-order valence-corrected chi connectivity index (χ1v) is 26.7. The Hall–Kier alpha value is -3.67. The standard InChI is InChI=1S/C59H98O6/c1-4-7-10-13-16-19-22-24-25-26-27-28-29-30-31-32-33-35-37-40-43-46-49-52-58(61)64-55-56(54-63-57(60)51-48-45-42-39-36-21-18-15-12-9-6-3)65-59(62)53-50-47-44-41-38-34-23-20-17-14-11-8-5-2/h7-8,10-11,15-20,24-25,27-28,34,38,56H,4-6,9,12-14,21-23,26,29-33,35-37,39-55H2,1-3H3/b10-7-,11-8-,18-15-,19-16-,20-17-,25-24-,28-27-,38-34-. The number of esters is 3. The first-order chi connectivity index (χ1) is 32.0. The van der Waals surface area contributed by atoms with Gasteiger partial charge in [-0.3, -0.25) is 14.4 Å². The van der Waals surface area contributed by atoms with Gasteiger partial charge in [-0.15, -0.1) is 0 Å². The fourth-order valence-corrected chi connectivity index (χ4v) is 7.07. The average molecular weight is 903 g/mol. The topological polar surface area (TPSA) is 78.9 Å². The van der Waals surface area contributed by atoms with Crippen LogP contribution in [0.15, 0.2) is 97.2 Å². The van der Waals surface area contributed by atoms with E-state index >= 15 is 0 Å². The molecule has 1 atom stereocenters. The second kappa shape index (κ2) is 52.9. The Kier molecular flexibility index (Phi) is 50.0. The van der Waals surface area contributed by atoms with E-state index in [1.807, 2.05) is 0 Å². The van der Waals surface area contributed by atoms with Crippen LogP contribution in [0.1, 0.15) is 239 Å². The van der Waals surface area contributed by atoms with Crippen LogP contribution in [0.5, 0.6) is 0 Å². The van der Waals surface area contributed by atoms with Crippen molar-refractivity contribution in [1.29, 1.82) is 0 Å². The van der Waals surface area contributed by atoms with Crippen LogP contribution in [0.2, 0.25) is 0 Å². The SMILES string of the molecule is CC/C=C\C/C=C\C/C=C\C/C=C\CCCCCCCCCCCCC(=O)OCC(COC(=O)CCCCCCC/C=C\CCCC)OC(=O)CCCCC/C=C\C/C=C\C/C=C\CC. The van der Waals surface area contributed by atoms with Gasteiger partial charge in [0.05, 0.1) is 0 Å². The van der Waals surface area contributed by atoms with Crippen LogP contribution >= 0.6 is 0 Å². The van der Waals surface area contributed by atoms with E-state index in [1.54, 1.807) is 0 Å². The van der Waals surface area contributed by atoms with Crippen molar-refractivity contribution in [3.8, 4) is 0 Å². The summed E-state index contributed by atoms with van der Waals surface area (Å²) in [6, 6.07) is 0. The van der Waals surface area contributed by atoms with E-state index in [-0.39, 0.29) is 37.5 Å². The number of ether oxygens (including phenoxy) is 3. The molecule has 0 bridgehead atoms. The highest BCUT2D eigenvalue weighted by molar-refractivity contribution is 5.71. The predicted molar refractivity (Wildman–Crippen MR) is 279 cm³/mol. The molecule has 6 heteroatoms. The molecule has 0 rings (SSSR count). The lowest BCUT2D eigenvalue weighted by Crippen LogP contribution is -2.30. The van der Waals surface area contributed by atoms with Gasteiger partial charge in [0.15, 0.2) is 6.10 Å². The second-order valence-corrected chi connectivity index (χ2v) is 17.4. The summed E-state index contributed by atoms with van der Waals surface area (Å²) in [5, 5.41) is 0. The molecule has 0 aliphatic heterocycles. The molecule has 0 aromatic carbocycles. The van der Waals surface area contributed by atoms with Crippen LogP contribution in [0.4, 0.5) is 0 Å². The highest BCUT2D eigenvalue weighted by atomic mass is 16.6. The molecule has 0 saturated heterocycles. The van der Waals surface area contributed by atoms with Gasteiger partial charge in [-0.1, -0.05) is 208 Å². The van der Waals surface area contributed by atoms with Crippen molar-refractivity contribution in [2.24, 2.45) is 0 Å². The van der Waals surface area contributed by atoms with Gasteiger partial charge in [0.1, 0.15) is 13.2 Å². The quantitative estimate of drug-likeness (QED) is 0.0262. The molecule has 0 fully saturated rings. The number of hydrogen-bond acceptors (Lipinski definition) is 6. The van der Waals surface area contributed by atoms with E-state index in [2.05, 4.69) is 118 Å². The predicted octanol–water partition coefficient (Wildman–Crippen LogP) is 17.8. The zero-order valence-electron chi connectivity index (χ0n) is 42.2. The summed E-state index contributed by atoms with van der Waals surface area (Å²) in [7, 11) is 0. The molecule has 0 saturated carbocycles. The highest BCUT2D eigenvalue weighted by Crippen LogP contribution is 2.14. The first kappa shape index (κ1) is 61.3. The minimum atomic E-state index is -0.797. The summed E-state index contributed by atoms with van der Waals surface area (Å²) in [5.41, 5.74) is 0. The van der Waals surface area contributed by atoms with E-state index in [1.165, 1.54) is 77.0 Å². The van der Waals surface area contributed by atoms with Gasteiger partial charge in [0.25, 0.3) is 0 Å². The summed E-state index contributed by atoms with van der Waals surface area (Å²) >= 11 is 0. The van der Waals surface area contributed by atoms with Crippen LogP contribution in [0, 0.1) is 0 Å². The lowest BCUT2D eigenvalue weighted by atomic mass is 10.1. The Bertz CT molecular complexity index is 1310. The summed E-state index contributed by atoms with van der Waals surface area (Å²) in [6.07, 6.45) is 69.7. The number of unbranched alkanes of at least 4 members (excludes halogenated alkanes) is 20. The van der Waals surface area contributed by atoms with Gasteiger partial charge in [0.2, 0.25) is 0 Å². The Balaban J connectivity index is 4.33. The Morgan fingerprint density at radius 2 is 0.600 bits per heavy atom. The van der Waals surface area contributed by atoms with Crippen molar-refractivity contribution in [1.82, 2.24) is 0 Å². The molecule has 370 valence electrons. The maximum atomic E-state index is 12.8. The summed E-state index contributed by atoms with van der Waals surface area (Å²) in [5.74, 6) is -0.941. The molecular weight excluding hydrogens is 805 g/mol. The lowest BCUT2D eigenvalue weighted by molar-refractivity contribution is -0.167. The molecule has 1 unspecified atom stereocenters. The van der Waals surface area contributed by atoms with Gasteiger partial charge >= 0.3 is 17.9 Å². The minimum absolute atomic E-state index is 0.0949. The fraction of sp³-hybridized carbons (Fsp3) is 0.678. The maximum absolute atomic E-state index is 12.8. The Labute approximate surface area is 400 Å². The van der Waals surface area contributed by atoms with Crippen molar-refractivity contribution >= 4 is 17.9 Å². The van der Waals surface area contributed by atoms with Crippen LogP contribution in [-0.4, -0.2) is 37.2 Å². The number of carbonyl (C=O) groups excluding carboxylic acids is 3. The molecular formula is C59H98O6. The molecule has 0 radical (unpaired) electrons. The number of rotatable bonds is 47. The third kappa shape index (κ3) is 51.2. The minimum Gasteiger partial charge on any atom is -0.462 e. The molecule has 0 spiro atoms. The molecule has 0 aromatic rings. The molecule has 0 heterocycles. The van der Waals surface area contributed by atoms with Gasteiger partial charge < -0.3 is 14.2 Å². The first-order valence-electron chi connectivity index (χ1n) is 26.7. The zero-order chi connectivity index (χ0) is 47.2. The normalized spacial score (nSPS) is 12.8. The second-order valence-electron chi connectivity index (χ2n) is 17.4. The van der Waals surface area contributed by atoms with E-state index in [4.69, 9.17) is 14.2 Å². The maximum Gasteiger partial charge on any atom is 0.306 e. The molecule has 0 aliphatic carbocycles. The van der Waals surface area contributed by atoms with Crippen molar-refractivity contribution in [3.05, 3.63) is 97.2 Å². The molecule has 0 N–H and O–H groups in total. The lowest BCUT2D eigenvalue weighted by Gasteiger charge is -2.18. The molecule has 0 amide bonds. The van der Waals surface area contributed by atoms with E-state index < -0.39 is 6.10 Å². The van der Waals surface area contributed by atoms with Crippen molar-refractivity contribution in [2.45, 2.75) is 245 Å². The number of carbonyl (C=O) groups is 3. The summed E-state index contributed by atoms with van der Waals surface area (Å²) in [4.78, 5) is 38.0. The van der Waals surface area contributed by atoms with Gasteiger partial charge in [-0.05, 0) is 109 Å². The monoisotopic (exact) mass is 903 g/mol. The summed E-state index contributed by atoms with van der Waals surface area (Å²) in [6.45, 7) is 6.33. The van der Waals surface area contributed by atoms with E-state index in [9.17, 15) is 14.4 Å². The van der Waals surface area contributed by atoms with E-state index in [0.29, 0.717) is 12.8 Å². The van der Waals surface area contributed by atoms with E-state index in [0.717, 1.165) is 122 Å². The van der Waals surface area contributed by atoms with Crippen molar-refractivity contribution in [2.75, 3.05) is 13.2 Å². The molecule has 6 nitrogen and oxygen atoms in total. The van der Waals surface area contributed by atoms with Gasteiger partial charge in [0, 0.05) is 19.3 Å². The summed E-state index contributed by atoms with van der Waals surface area (Å²) < 4.78 is 16.8. The van der Waals surface area contributed by atoms with Gasteiger partial charge in [-0.2, -0.15) is 0 Å². The van der Waals surface area contributed by atoms with Crippen LogP contribution in [0.3, 0.4) is 0 Å². The third-order valence-corrected chi connectivity index (χ3v) is 11.1. The third-order valence-electron chi connectivity index (χ3n) is 11.1. The largest absolute Gasteiger partial charge is 0.462 e. The number of allylic oxidation sites excluding steroid dienone is 16. The molecule has 0 aromatic heterocycles.